The summed E-state index contributed by atoms with van der Waals surface area (Å²) in [6.07, 6.45) is 1.08. The van der Waals surface area contributed by atoms with Gasteiger partial charge in [-0.05, 0) is 91.1 Å². The summed E-state index contributed by atoms with van der Waals surface area (Å²) >= 11 is 11.4. The largest absolute Gasteiger partial charge is 0.436 e. The molecule has 4 aromatic rings. The van der Waals surface area contributed by atoms with Crippen LogP contribution in [-0.4, -0.2) is 16.0 Å². The normalized spacial score (nSPS) is 11.9. The number of aryl methyl sites for hydroxylation is 1. The molecule has 0 fully saturated rings. The van der Waals surface area contributed by atoms with E-state index in [4.69, 9.17) is 28.2 Å². The number of hydrogen-bond donors (Lipinski definition) is 2. The summed E-state index contributed by atoms with van der Waals surface area (Å²) in [6, 6.07) is 18.8. The van der Waals surface area contributed by atoms with E-state index in [9.17, 15) is 4.79 Å². The smallest absolute Gasteiger partial charge is 0.257 e. The lowest BCUT2D eigenvalue weighted by Gasteiger charge is -2.10. The Morgan fingerprint density at radius 2 is 1.88 bits per heavy atom. The lowest BCUT2D eigenvalue weighted by atomic mass is 9.98. The monoisotopic (exact) mass is 477 g/mol. The summed E-state index contributed by atoms with van der Waals surface area (Å²) < 4.78 is 5.94. The predicted molar refractivity (Wildman–Crippen MR) is 138 cm³/mol. The maximum absolute atomic E-state index is 12.4. The van der Waals surface area contributed by atoms with Crippen LogP contribution in [-0.2, 0) is 0 Å². The van der Waals surface area contributed by atoms with Crippen molar-refractivity contribution in [3.05, 3.63) is 82.4 Å². The van der Waals surface area contributed by atoms with Crippen LogP contribution in [0.3, 0.4) is 0 Å². The fourth-order valence-corrected chi connectivity index (χ4v) is 3.77. The number of carbonyl (C=O) groups is 1. The topological polar surface area (TPSA) is 67.2 Å². The molecule has 3 aromatic carbocycles. The van der Waals surface area contributed by atoms with Crippen LogP contribution in [0, 0.1) is 6.92 Å². The number of benzene rings is 3. The van der Waals surface area contributed by atoms with Crippen molar-refractivity contribution in [2.24, 2.45) is 0 Å². The number of carbonyl (C=O) groups excluding carboxylic acids is 1. The van der Waals surface area contributed by atoms with Gasteiger partial charge in [-0.2, -0.15) is 0 Å². The zero-order valence-electron chi connectivity index (χ0n) is 18.6. The van der Waals surface area contributed by atoms with Crippen LogP contribution in [0.25, 0.3) is 22.6 Å². The molecule has 0 aliphatic heterocycles. The number of amides is 1. The minimum Gasteiger partial charge on any atom is -0.436 e. The molecular formula is C26H24ClN3O2S. The first-order valence-electron chi connectivity index (χ1n) is 10.7. The Bertz CT molecular complexity index is 1330. The van der Waals surface area contributed by atoms with Crippen molar-refractivity contribution in [1.29, 1.82) is 0 Å². The van der Waals surface area contributed by atoms with Crippen LogP contribution in [0.4, 0.5) is 5.69 Å². The van der Waals surface area contributed by atoms with E-state index in [1.165, 1.54) is 5.56 Å². The lowest BCUT2D eigenvalue weighted by Crippen LogP contribution is -2.34. The second-order valence-corrected chi connectivity index (χ2v) is 8.82. The molecule has 4 rings (SSSR count). The Labute approximate surface area is 203 Å². The van der Waals surface area contributed by atoms with E-state index in [1.807, 2.05) is 37.3 Å². The van der Waals surface area contributed by atoms with Gasteiger partial charge in [0.15, 0.2) is 10.7 Å². The van der Waals surface area contributed by atoms with E-state index in [-0.39, 0.29) is 11.0 Å². The summed E-state index contributed by atoms with van der Waals surface area (Å²) in [5.41, 5.74) is 5.81. The van der Waals surface area contributed by atoms with Gasteiger partial charge < -0.3 is 9.73 Å². The molecule has 5 nitrogen and oxygen atoms in total. The van der Waals surface area contributed by atoms with E-state index >= 15 is 0 Å². The standard InChI is InChI=1S/C26H24ClN3O2S/c1-4-15(2)18-9-12-23-22(14-18)29-25(32-23)17-7-10-20(11-8-17)28-26(33)30-24(31)19-6-5-16(3)21(27)13-19/h5-15H,4H2,1-3H3,(H2,28,30,31,33). The number of rotatable bonds is 5. The number of thiocarbonyl (C=S) groups is 1. The summed E-state index contributed by atoms with van der Waals surface area (Å²) in [7, 11) is 0. The molecule has 0 radical (unpaired) electrons. The Kier molecular flexibility index (Phi) is 6.77. The van der Waals surface area contributed by atoms with Crippen LogP contribution in [0.15, 0.2) is 65.1 Å². The van der Waals surface area contributed by atoms with Crippen LogP contribution in [0.1, 0.15) is 47.7 Å². The summed E-state index contributed by atoms with van der Waals surface area (Å²) in [5, 5.41) is 6.41. The second kappa shape index (κ2) is 9.73. The zero-order chi connectivity index (χ0) is 23.5. The third kappa shape index (κ3) is 5.24. The van der Waals surface area contributed by atoms with Crippen molar-refractivity contribution < 1.29 is 9.21 Å². The van der Waals surface area contributed by atoms with E-state index in [0.717, 1.165) is 34.3 Å². The Morgan fingerprint density at radius 1 is 1.12 bits per heavy atom. The number of oxazole rings is 1. The van der Waals surface area contributed by atoms with Gasteiger partial charge in [-0.3, -0.25) is 10.1 Å². The molecule has 1 heterocycles. The highest BCUT2D eigenvalue weighted by Crippen LogP contribution is 2.28. The molecule has 0 saturated heterocycles. The third-order valence-electron chi connectivity index (χ3n) is 5.64. The van der Waals surface area contributed by atoms with Gasteiger partial charge in [0.05, 0.1) is 0 Å². The Hall–Kier alpha value is -3.22. The Morgan fingerprint density at radius 3 is 2.58 bits per heavy atom. The average molecular weight is 478 g/mol. The molecular weight excluding hydrogens is 454 g/mol. The molecule has 0 bridgehead atoms. The van der Waals surface area contributed by atoms with Crippen molar-refractivity contribution in [3.63, 3.8) is 0 Å². The number of hydrogen-bond acceptors (Lipinski definition) is 4. The first kappa shape index (κ1) is 23.0. The molecule has 0 spiro atoms. The van der Waals surface area contributed by atoms with Gasteiger partial charge in [-0.1, -0.05) is 37.6 Å². The van der Waals surface area contributed by atoms with Gasteiger partial charge in [0.25, 0.3) is 5.91 Å². The van der Waals surface area contributed by atoms with Gasteiger partial charge >= 0.3 is 0 Å². The average Bonchev–Trinajstić information content (AvgIpc) is 3.24. The molecule has 0 saturated carbocycles. The fourth-order valence-electron chi connectivity index (χ4n) is 3.38. The van der Waals surface area contributed by atoms with Crippen molar-refractivity contribution in [1.82, 2.24) is 10.3 Å². The van der Waals surface area contributed by atoms with Crippen LogP contribution in [0.5, 0.6) is 0 Å². The molecule has 0 aliphatic rings. The Balaban J connectivity index is 1.43. The summed E-state index contributed by atoms with van der Waals surface area (Å²) in [4.78, 5) is 17.1. The molecule has 7 heteroatoms. The molecule has 1 aromatic heterocycles. The SMILES string of the molecule is CCC(C)c1ccc2oc(-c3ccc(NC(=S)NC(=O)c4ccc(C)c(Cl)c4)cc3)nc2c1. The fraction of sp³-hybridized carbons (Fsp3) is 0.192. The molecule has 1 atom stereocenters. The number of aromatic nitrogens is 1. The van der Waals surface area contributed by atoms with Gasteiger partial charge in [-0.25, -0.2) is 4.98 Å². The first-order chi connectivity index (χ1) is 15.8. The molecule has 168 valence electrons. The number of nitrogens with zero attached hydrogens (tertiary/aromatic N) is 1. The zero-order valence-corrected chi connectivity index (χ0v) is 20.2. The highest BCUT2D eigenvalue weighted by molar-refractivity contribution is 7.80. The van der Waals surface area contributed by atoms with E-state index in [1.54, 1.807) is 18.2 Å². The first-order valence-corrected chi connectivity index (χ1v) is 11.5. The third-order valence-corrected chi connectivity index (χ3v) is 6.26. The molecule has 1 amide bonds. The van der Waals surface area contributed by atoms with Crippen molar-refractivity contribution in [2.45, 2.75) is 33.1 Å². The van der Waals surface area contributed by atoms with E-state index in [0.29, 0.717) is 22.4 Å². The van der Waals surface area contributed by atoms with E-state index < -0.39 is 0 Å². The van der Waals surface area contributed by atoms with Crippen LogP contribution in [0.2, 0.25) is 5.02 Å². The van der Waals surface area contributed by atoms with Crippen molar-refractivity contribution in [2.75, 3.05) is 5.32 Å². The van der Waals surface area contributed by atoms with Gasteiger partial charge in [0.1, 0.15) is 5.52 Å². The lowest BCUT2D eigenvalue weighted by molar-refractivity contribution is 0.0977. The number of halogens is 1. The molecule has 2 N–H and O–H groups in total. The number of anilines is 1. The van der Waals surface area contributed by atoms with Gasteiger partial charge in [0, 0.05) is 21.8 Å². The highest BCUT2D eigenvalue weighted by atomic mass is 35.5. The minimum absolute atomic E-state index is 0.198. The maximum Gasteiger partial charge on any atom is 0.257 e. The summed E-state index contributed by atoms with van der Waals surface area (Å²) in [5.74, 6) is 0.714. The van der Waals surface area contributed by atoms with Crippen molar-refractivity contribution in [3.8, 4) is 11.5 Å². The predicted octanol–water partition coefficient (Wildman–Crippen LogP) is 7.10. The van der Waals surface area contributed by atoms with Gasteiger partial charge in [0.2, 0.25) is 5.89 Å². The number of fused-ring (bicyclic) bond motifs is 1. The van der Waals surface area contributed by atoms with Gasteiger partial charge in [-0.15, -0.1) is 0 Å². The number of nitrogens with one attached hydrogen (secondary N) is 2. The second-order valence-electron chi connectivity index (χ2n) is 8.01. The summed E-state index contributed by atoms with van der Waals surface area (Å²) in [6.45, 7) is 6.26. The molecule has 1 unspecified atom stereocenters. The highest BCUT2D eigenvalue weighted by Gasteiger charge is 2.12. The van der Waals surface area contributed by atoms with E-state index in [2.05, 4.69) is 41.6 Å². The van der Waals surface area contributed by atoms with Crippen molar-refractivity contribution >= 4 is 51.6 Å². The minimum atomic E-state index is -0.325. The van der Waals surface area contributed by atoms with Crippen LogP contribution >= 0.6 is 23.8 Å². The molecule has 0 aliphatic carbocycles. The quantitative estimate of drug-likeness (QED) is 0.300. The van der Waals surface area contributed by atoms with Crippen LogP contribution < -0.4 is 10.6 Å². The molecule has 33 heavy (non-hydrogen) atoms. The maximum atomic E-state index is 12.4.